The van der Waals surface area contributed by atoms with Gasteiger partial charge in [0.1, 0.15) is 0 Å². The number of aromatic hydroxyl groups is 1. The summed E-state index contributed by atoms with van der Waals surface area (Å²) in [5, 5.41) is 15.3. The van der Waals surface area contributed by atoms with Gasteiger partial charge in [-0.05, 0) is 36.3 Å². The highest BCUT2D eigenvalue weighted by Gasteiger charge is 2.12. The van der Waals surface area contributed by atoms with E-state index in [1.165, 1.54) is 6.07 Å². The molecule has 2 aromatic rings. The van der Waals surface area contributed by atoms with Gasteiger partial charge in [-0.1, -0.05) is 30.3 Å². The lowest BCUT2D eigenvalue weighted by molar-refractivity contribution is 0.409. The minimum atomic E-state index is -1.30. The van der Waals surface area contributed by atoms with Gasteiger partial charge in [-0.15, -0.1) is 0 Å². The Morgan fingerprint density at radius 1 is 1.10 bits per heavy atom. The van der Waals surface area contributed by atoms with Crippen molar-refractivity contribution in [3.05, 3.63) is 59.7 Å². The highest BCUT2D eigenvalue weighted by atomic mass is 32.1. The molecule has 2 rings (SSSR count). The molecule has 0 unspecified atom stereocenters. The molecule has 0 radical (unpaired) electrons. The molecule has 21 heavy (non-hydrogen) atoms. The number of hydrogen-bond donors (Lipinski definition) is 3. The van der Waals surface area contributed by atoms with Crippen molar-refractivity contribution in [2.45, 2.75) is 6.42 Å². The maximum atomic E-state index is 13.2. The minimum Gasteiger partial charge on any atom is -0.503 e. The van der Waals surface area contributed by atoms with Gasteiger partial charge >= 0.3 is 0 Å². The number of nitrogens with one attached hydrogen (secondary N) is 2. The van der Waals surface area contributed by atoms with Crippen molar-refractivity contribution in [2.24, 2.45) is 0 Å². The van der Waals surface area contributed by atoms with Crippen molar-refractivity contribution in [2.75, 3.05) is 11.9 Å². The van der Waals surface area contributed by atoms with Crippen LogP contribution < -0.4 is 10.6 Å². The molecule has 6 heteroatoms. The standard InChI is InChI=1S/C15H14F2N2OS/c16-11-6-7-12(14(20)13(11)17)19-15(21)18-9-8-10-4-2-1-3-5-10/h1-7,20H,8-9H2,(H2,18,19,21). The van der Waals surface area contributed by atoms with E-state index in [0.29, 0.717) is 6.54 Å². The molecular formula is C15H14F2N2OS. The molecule has 0 aliphatic heterocycles. The van der Waals surface area contributed by atoms with Crippen molar-refractivity contribution in [3.63, 3.8) is 0 Å². The smallest absolute Gasteiger partial charge is 0.202 e. The first-order valence-electron chi connectivity index (χ1n) is 6.33. The third-order valence-electron chi connectivity index (χ3n) is 2.86. The minimum absolute atomic E-state index is 0.0195. The van der Waals surface area contributed by atoms with Crippen LogP contribution in [0.1, 0.15) is 5.56 Å². The van der Waals surface area contributed by atoms with Crippen LogP contribution in [-0.4, -0.2) is 16.8 Å². The topological polar surface area (TPSA) is 44.3 Å². The molecule has 0 fully saturated rings. The summed E-state index contributed by atoms with van der Waals surface area (Å²) in [6, 6.07) is 12.0. The Morgan fingerprint density at radius 2 is 1.81 bits per heavy atom. The fourth-order valence-electron chi connectivity index (χ4n) is 1.77. The molecule has 0 spiro atoms. The number of anilines is 1. The van der Waals surface area contributed by atoms with Crippen molar-refractivity contribution < 1.29 is 13.9 Å². The molecule has 0 amide bonds. The summed E-state index contributed by atoms with van der Waals surface area (Å²) in [7, 11) is 0. The Morgan fingerprint density at radius 3 is 2.52 bits per heavy atom. The third kappa shape index (κ3) is 4.13. The Kier molecular flexibility index (Phi) is 5.05. The molecular weight excluding hydrogens is 294 g/mol. The summed E-state index contributed by atoms with van der Waals surface area (Å²) in [4.78, 5) is 0. The van der Waals surface area contributed by atoms with Gasteiger partial charge in [0.05, 0.1) is 5.69 Å². The van der Waals surface area contributed by atoms with Crippen molar-refractivity contribution in [3.8, 4) is 5.75 Å². The van der Waals surface area contributed by atoms with Crippen LogP contribution in [0.5, 0.6) is 5.75 Å². The van der Waals surface area contributed by atoms with Gasteiger partial charge < -0.3 is 15.7 Å². The van der Waals surface area contributed by atoms with E-state index in [1.54, 1.807) is 0 Å². The van der Waals surface area contributed by atoms with Crippen LogP contribution in [0.2, 0.25) is 0 Å². The number of phenolic OH excluding ortho intramolecular Hbond substituents is 1. The van der Waals surface area contributed by atoms with Gasteiger partial charge in [0.25, 0.3) is 0 Å². The number of phenols is 1. The van der Waals surface area contributed by atoms with Gasteiger partial charge in [-0.2, -0.15) is 4.39 Å². The molecule has 3 nitrogen and oxygen atoms in total. The molecule has 0 saturated carbocycles. The zero-order valence-corrected chi connectivity index (χ0v) is 11.9. The molecule has 0 aliphatic carbocycles. The van der Waals surface area contributed by atoms with Crippen LogP contribution in [0.4, 0.5) is 14.5 Å². The molecule has 0 bridgehead atoms. The van der Waals surface area contributed by atoms with Gasteiger partial charge in [0.2, 0.25) is 5.82 Å². The van der Waals surface area contributed by atoms with Crippen LogP contribution in [0.25, 0.3) is 0 Å². The van der Waals surface area contributed by atoms with Crippen LogP contribution >= 0.6 is 12.2 Å². The first-order chi connectivity index (χ1) is 10.1. The highest BCUT2D eigenvalue weighted by molar-refractivity contribution is 7.80. The summed E-state index contributed by atoms with van der Waals surface area (Å²) in [6.07, 6.45) is 0.770. The van der Waals surface area contributed by atoms with E-state index in [1.807, 2.05) is 30.3 Å². The van der Waals surface area contributed by atoms with Crippen molar-refractivity contribution >= 4 is 23.0 Å². The van der Waals surface area contributed by atoms with E-state index in [-0.39, 0.29) is 10.8 Å². The molecule has 3 N–H and O–H groups in total. The summed E-state index contributed by atoms with van der Waals surface area (Å²) in [6.45, 7) is 0.584. The number of hydrogen-bond acceptors (Lipinski definition) is 2. The number of rotatable bonds is 4. The fraction of sp³-hybridized carbons (Fsp3) is 0.133. The molecule has 0 aromatic heterocycles. The van der Waals surface area contributed by atoms with E-state index in [4.69, 9.17) is 12.2 Å². The molecule has 0 atom stereocenters. The molecule has 2 aromatic carbocycles. The van der Waals surface area contributed by atoms with Crippen LogP contribution in [-0.2, 0) is 6.42 Å². The Balaban J connectivity index is 1.86. The number of halogens is 2. The predicted octanol–water partition coefficient (Wildman–Crippen LogP) is 3.20. The molecule has 0 aliphatic rings. The van der Waals surface area contributed by atoms with Gasteiger partial charge in [-0.3, -0.25) is 0 Å². The predicted molar refractivity (Wildman–Crippen MR) is 82.4 cm³/mol. The normalized spacial score (nSPS) is 10.2. The molecule has 110 valence electrons. The van der Waals surface area contributed by atoms with E-state index in [9.17, 15) is 13.9 Å². The second-order valence-corrected chi connectivity index (χ2v) is 4.78. The van der Waals surface area contributed by atoms with Gasteiger partial charge in [0, 0.05) is 6.54 Å². The number of benzene rings is 2. The van der Waals surface area contributed by atoms with E-state index in [2.05, 4.69) is 10.6 Å². The van der Waals surface area contributed by atoms with E-state index in [0.717, 1.165) is 18.1 Å². The van der Waals surface area contributed by atoms with Crippen LogP contribution in [0.3, 0.4) is 0 Å². The lowest BCUT2D eigenvalue weighted by atomic mass is 10.1. The maximum Gasteiger partial charge on any atom is 0.202 e. The Bertz CT molecular complexity index is 635. The zero-order chi connectivity index (χ0) is 15.2. The lowest BCUT2D eigenvalue weighted by Gasteiger charge is -2.12. The number of thiocarbonyl (C=S) groups is 1. The summed E-state index contributed by atoms with van der Waals surface area (Å²) < 4.78 is 26.1. The van der Waals surface area contributed by atoms with Crippen LogP contribution in [0, 0.1) is 11.6 Å². The third-order valence-corrected chi connectivity index (χ3v) is 3.11. The zero-order valence-electron chi connectivity index (χ0n) is 11.1. The van der Waals surface area contributed by atoms with Gasteiger partial charge in [-0.25, -0.2) is 4.39 Å². The van der Waals surface area contributed by atoms with Crippen LogP contribution in [0.15, 0.2) is 42.5 Å². The Hall–Kier alpha value is -2.21. The quantitative estimate of drug-likeness (QED) is 0.599. The monoisotopic (exact) mass is 308 g/mol. The van der Waals surface area contributed by atoms with E-state index < -0.39 is 17.4 Å². The van der Waals surface area contributed by atoms with E-state index >= 15 is 0 Å². The average Bonchev–Trinajstić information content (AvgIpc) is 2.49. The van der Waals surface area contributed by atoms with Crippen molar-refractivity contribution in [1.29, 1.82) is 0 Å². The summed E-state index contributed by atoms with van der Waals surface area (Å²) in [5.74, 6) is -3.20. The SMILES string of the molecule is Oc1c(NC(=S)NCCc2ccccc2)ccc(F)c1F. The Labute approximate surface area is 126 Å². The maximum absolute atomic E-state index is 13.2. The average molecular weight is 308 g/mol. The second kappa shape index (κ2) is 6.99. The molecule has 0 heterocycles. The fourth-order valence-corrected chi connectivity index (χ4v) is 1.98. The first-order valence-corrected chi connectivity index (χ1v) is 6.74. The summed E-state index contributed by atoms with van der Waals surface area (Å²) >= 11 is 5.04. The molecule has 0 saturated heterocycles. The highest BCUT2D eigenvalue weighted by Crippen LogP contribution is 2.27. The second-order valence-electron chi connectivity index (χ2n) is 4.37. The lowest BCUT2D eigenvalue weighted by Crippen LogP contribution is -2.30. The van der Waals surface area contributed by atoms with Gasteiger partial charge in [0.15, 0.2) is 16.7 Å². The first kappa shape index (κ1) is 15.2. The largest absolute Gasteiger partial charge is 0.503 e. The van der Waals surface area contributed by atoms with Crippen molar-refractivity contribution in [1.82, 2.24) is 5.32 Å². The summed E-state index contributed by atoms with van der Waals surface area (Å²) in [5.41, 5.74) is 1.18.